The Hall–Kier alpha value is -3.99. The summed E-state index contributed by atoms with van der Waals surface area (Å²) in [6.45, 7) is 6.71. The highest BCUT2D eigenvalue weighted by molar-refractivity contribution is 5.99. The third-order valence-corrected chi connectivity index (χ3v) is 4.76. The Labute approximate surface area is 200 Å². The van der Waals surface area contributed by atoms with Crippen LogP contribution in [0.5, 0.6) is 5.75 Å². The largest absolute Gasteiger partial charge is 0.497 e. The van der Waals surface area contributed by atoms with Crippen LogP contribution in [0.15, 0.2) is 48.5 Å². The first-order chi connectivity index (χ1) is 16.1. The molecule has 0 saturated heterocycles. The van der Waals surface area contributed by atoms with Crippen LogP contribution in [-0.4, -0.2) is 42.1 Å². The second-order valence-electron chi connectivity index (χ2n) is 8.46. The molecule has 3 amide bonds. The van der Waals surface area contributed by atoms with E-state index >= 15 is 0 Å². The van der Waals surface area contributed by atoms with E-state index in [-0.39, 0.29) is 0 Å². The van der Waals surface area contributed by atoms with E-state index in [1.165, 1.54) is 0 Å². The van der Waals surface area contributed by atoms with Gasteiger partial charge in [-0.2, -0.15) is 0 Å². The number of nitrogens with zero attached hydrogens (tertiary/aromatic N) is 1. The van der Waals surface area contributed by atoms with Crippen molar-refractivity contribution in [3.05, 3.63) is 59.7 Å². The first-order valence-corrected chi connectivity index (χ1v) is 10.9. The molecule has 180 valence electrons. The number of alkyl carbamates (subject to hydrolysis) is 1. The maximum absolute atomic E-state index is 13.3. The molecule has 0 saturated carbocycles. The van der Waals surface area contributed by atoms with E-state index in [9.17, 15) is 14.4 Å². The fourth-order valence-electron chi connectivity index (χ4n) is 3.08. The maximum atomic E-state index is 13.3. The molecule has 0 aromatic heterocycles. The van der Waals surface area contributed by atoms with Crippen molar-refractivity contribution in [3.8, 4) is 18.2 Å². The van der Waals surface area contributed by atoms with E-state index in [1.54, 1.807) is 64.3 Å². The van der Waals surface area contributed by atoms with Crippen molar-refractivity contribution < 1.29 is 23.9 Å². The number of carbonyl (C=O) groups is 3. The molecule has 0 aliphatic heterocycles. The van der Waals surface area contributed by atoms with E-state index < -0.39 is 36.1 Å². The molecule has 0 spiro atoms. The van der Waals surface area contributed by atoms with Gasteiger partial charge in [0.2, 0.25) is 0 Å². The number of aryl methyl sites for hydroxylation is 1. The summed E-state index contributed by atoms with van der Waals surface area (Å²) in [4.78, 5) is 39.2. The number of hydrogen-bond acceptors (Lipinski definition) is 5. The van der Waals surface area contributed by atoms with Crippen molar-refractivity contribution >= 4 is 23.6 Å². The van der Waals surface area contributed by atoms with Gasteiger partial charge in [0.25, 0.3) is 11.8 Å². The van der Waals surface area contributed by atoms with Gasteiger partial charge in [-0.3, -0.25) is 14.5 Å². The fourth-order valence-corrected chi connectivity index (χ4v) is 3.08. The molecule has 2 N–H and O–H groups in total. The Morgan fingerprint density at radius 1 is 1.06 bits per heavy atom. The minimum Gasteiger partial charge on any atom is -0.497 e. The van der Waals surface area contributed by atoms with E-state index in [0.717, 1.165) is 16.9 Å². The van der Waals surface area contributed by atoms with Crippen LogP contribution in [0.2, 0.25) is 0 Å². The molecule has 0 aliphatic carbocycles. The summed E-state index contributed by atoms with van der Waals surface area (Å²) in [6.07, 6.45) is 5.72. The highest BCUT2D eigenvalue weighted by Gasteiger charge is 2.31. The maximum Gasteiger partial charge on any atom is 0.408 e. The molecule has 0 aliphatic rings. The van der Waals surface area contributed by atoms with Crippen molar-refractivity contribution in [3.63, 3.8) is 0 Å². The SMILES string of the molecule is C#CN(C(=O)CNC(=O)OC(C)(C)C)C(C(=O)Nc1ccc(OC)cc1)c1ccc(CC)cc1. The number of terminal acetylenes is 1. The van der Waals surface area contributed by atoms with Gasteiger partial charge in [0.1, 0.15) is 23.9 Å². The van der Waals surface area contributed by atoms with Gasteiger partial charge in [-0.1, -0.05) is 37.6 Å². The molecule has 8 nitrogen and oxygen atoms in total. The number of methoxy groups -OCH3 is 1. The second-order valence-corrected chi connectivity index (χ2v) is 8.46. The van der Waals surface area contributed by atoms with Crippen LogP contribution in [0.1, 0.15) is 44.9 Å². The normalized spacial score (nSPS) is 11.5. The van der Waals surface area contributed by atoms with Gasteiger partial charge < -0.3 is 20.1 Å². The van der Waals surface area contributed by atoms with Gasteiger partial charge in [-0.25, -0.2) is 4.79 Å². The van der Waals surface area contributed by atoms with Gasteiger partial charge in [-0.15, -0.1) is 0 Å². The Balaban J connectivity index is 2.28. The van der Waals surface area contributed by atoms with E-state index in [2.05, 4.69) is 16.7 Å². The Morgan fingerprint density at radius 3 is 2.18 bits per heavy atom. The molecular formula is C26H31N3O5. The van der Waals surface area contributed by atoms with Crippen LogP contribution in [-0.2, 0) is 20.7 Å². The molecule has 0 radical (unpaired) electrons. The number of rotatable bonds is 8. The van der Waals surface area contributed by atoms with Gasteiger partial charge in [0.15, 0.2) is 0 Å². The van der Waals surface area contributed by atoms with Crippen LogP contribution >= 0.6 is 0 Å². The van der Waals surface area contributed by atoms with Crippen molar-refractivity contribution in [2.75, 3.05) is 19.0 Å². The number of nitrogens with one attached hydrogen (secondary N) is 2. The number of amides is 3. The van der Waals surface area contributed by atoms with Crippen molar-refractivity contribution in [1.29, 1.82) is 0 Å². The van der Waals surface area contributed by atoms with Crippen LogP contribution in [0, 0.1) is 12.5 Å². The minimum absolute atomic E-state index is 0.432. The Kier molecular flexibility index (Phi) is 9.08. The van der Waals surface area contributed by atoms with E-state index in [1.807, 2.05) is 19.1 Å². The topological polar surface area (TPSA) is 97.0 Å². The average Bonchev–Trinajstić information content (AvgIpc) is 2.80. The summed E-state index contributed by atoms with van der Waals surface area (Å²) >= 11 is 0. The summed E-state index contributed by atoms with van der Waals surface area (Å²) in [5.41, 5.74) is 1.40. The smallest absolute Gasteiger partial charge is 0.408 e. The Bertz CT molecular complexity index is 1030. The first kappa shape index (κ1) is 26.3. The molecule has 2 aromatic rings. The molecule has 0 bridgehead atoms. The highest BCUT2D eigenvalue weighted by atomic mass is 16.6. The van der Waals surface area contributed by atoms with E-state index in [0.29, 0.717) is 17.0 Å². The monoisotopic (exact) mass is 465 g/mol. The van der Waals surface area contributed by atoms with Crippen molar-refractivity contribution in [2.45, 2.75) is 45.8 Å². The standard InChI is InChI=1S/C26H31N3O5/c1-7-18-9-11-19(12-10-18)23(24(31)28-20-13-15-21(33-6)16-14-20)29(8-2)22(30)17-27-25(32)34-26(3,4)5/h2,9-16,23H,7,17H2,1,3-6H3,(H,27,32)(H,28,31). The zero-order valence-corrected chi connectivity index (χ0v) is 20.2. The molecule has 1 atom stereocenters. The van der Waals surface area contributed by atoms with Crippen LogP contribution < -0.4 is 15.4 Å². The third kappa shape index (κ3) is 7.55. The molecule has 0 fully saturated rings. The third-order valence-electron chi connectivity index (χ3n) is 4.76. The summed E-state index contributed by atoms with van der Waals surface area (Å²) in [7, 11) is 1.55. The number of ether oxygens (including phenoxy) is 2. The summed E-state index contributed by atoms with van der Waals surface area (Å²) in [6, 6.07) is 15.2. The molecule has 34 heavy (non-hydrogen) atoms. The quantitative estimate of drug-likeness (QED) is 0.456. The first-order valence-electron chi connectivity index (χ1n) is 10.9. The van der Waals surface area contributed by atoms with Gasteiger partial charge in [-0.05, 0) is 62.6 Å². The van der Waals surface area contributed by atoms with Gasteiger partial charge in [0.05, 0.1) is 7.11 Å². The second kappa shape index (κ2) is 11.8. The molecule has 2 rings (SSSR count). The van der Waals surface area contributed by atoms with Crippen LogP contribution in [0.4, 0.5) is 10.5 Å². The van der Waals surface area contributed by atoms with Gasteiger partial charge >= 0.3 is 6.09 Å². The Morgan fingerprint density at radius 2 is 1.68 bits per heavy atom. The lowest BCUT2D eigenvalue weighted by molar-refractivity contribution is -0.134. The highest BCUT2D eigenvalue weighted by Crippen LogP contribution is 2.24. The number of carbonyl (C=O) groups excluding carboxylic acids is 3. The van der Waals surface area contributed by atoms with Gasteiger partial charge in [0, 0.05) is 11.7 Å². The molecule has 8 heteroatoms. The average molecular weight is 466 g/mol. The number of anilines is 1. The zero-order chi connectivity index (χ0) is 25.3. The summed E-state index contributed by atoms with van der Waals surface area (Å²) in [5, 5.41) is 5.18. The lowest BCUT2D eigenvalue weighted by Crippen LogP contribution is -2.44. The lowest BCUT2D eigenvalue weighted by Gasteiger charge is -2.27. The molecular weight excluding hydrogens is 434 g/mol. The minimum atomic E-state index is -1.12. The summed E-state index contributed by atoms with van der Waals surface area (Å²) in [5.74, 6) is -0.501. The predicted molar refractivity (Wildman–Crippen MR) is 130 cm³/mol. The van der Waals surface area contributed by atoms with Crippen molar-refractivity contribution in [1.82, 2.24) is 10.2 Å². The lowest BCUT2D eigenvalue weighted by atomic mass is 10.0. The number of benzene rings is 2. The molecule has 1 unspecified atom stereocenters. The molecule has 0 heterocycles. The van der Waals surface area contributed by atoms with E-state index in [4.69, 9.17) is 15.9 Å². The fraction of sp³-hybridized carbons (Fsp3) is 0.346. The number of hydrogen-bond donors (Lipinski definition) is 2. The van der Waals surface area contributed by atoms with Crippen LogP contribution in [0.3, 0.4) is 0 Å². The molecule has 2 aromatic carbocycles. The summed E-state index contributed by atoms with van der Waals surface area (Å²) < 4.78 is 10.3. The van der Waals surface area contributed by atoms with Crippen molar-refractivity contribution in [2.24, 2.45) is 0 Å². The van der Waals surface area contributed by atoms with Crippen LogP contribution in [0.25, 0.3) is 0 Å². The zero-order valence-electron chi connectivity index (χ0n) is 20.2. The predicted octanol–water partition coefficient (Wildman–Crippen LogP) is 3.88.